The summed E-state index contributed by atoms with van der Waals surface area (Å²) in [7, 11) is -5.48. The van der Waals surface area contributed by atoms with Gasteiger partial charge in [0.25, 0.3) is 5.91 Å². The van der Waals surface area contributed by atoms with Gasteiger partial charge in [0.1, 0.15) is 0 Å². The molecule has 6 nitrogen and oxygen atoms in total. The Morgan fingerprint density at radius 1 is 1.19 bits per heavy atom. The van der Waals surface area contributed by atoms with E-state index in [-0.39, 0.29) is 17.6 Å². The maximum absolute atomic E-state index is 12.8. The number of amides is 1. The lowest BCUT2D eigenvalue weighted by atomic mass is 9.79. The van der Waals surface area contributed by atoms with E-state index in [1.807, 2.05) is 0 Å². The van der Waals surface area contributed by atoms with E-state index in [1.165, 1.54) is 46.0 Å². The number of hydrogen-bond acceptors (Lipinski definition) is 6. The molecule has 174 valence electrons. The highest BCUT2D eigenvalue weighted by molar-refractivity contribution is 8.01. The number of benzene rings is 1. The quantitative estimate of drug-likeness (QED) is 0.610. The third kappa shape index (κ3) is 4.92. The third-order valence-corrected chi connectivity index (χ3v) is 9.21. The van der Waals surface area contributed by atoms with Crippen LogP contribution < -0.4 is 10.0 Å². The summed E-state index contributed by atoms with van der Waals surface area (Å²) in [5, 5.41) is 3.18. The van der Waals surface area contributed by atoms with Crippen molar-refractivity contribution in [3.05, 3.63) is 41.3 Å². The van der Waals surface area contributed by atoms with Gasteiger partial charge in [-0.25, -0.2) is 0 Å². The van der Waals surface area contributed by atoms with Crippen molar-refractivity contribution in [3.8, 4) is 0 Å². The molecule has 0 radical (unpaired) electrons. The van der Waals surface area contributed by atoms with Crippen LogP contribution in [0.25, 0.3) is 0 Å². The van der Waals surface area contributed by atoms with Crippen LogP contribution in [0.4, 0.5) is 18.9 Å². The minimum atomic E-state index is -5.48. The minimum Gasteiger partial charge on any atom is -0.347 e. The summed E-state index contributed by atoms with van der Waals surface area (Å²) in [6.45, 7) is 4.30. The molecule has 0 saturated carbocycles. The van der Waals surface area contributed by atoms with Crippen LogP contribution in [0.2, 0.25) is 0 Å². The van der Waals surface area contributed by atoms with Crippen LogP contribution in [-0.2, 0) is 10.0 Å². The first-order valence-electron chi connectivity index (χ1n) is 10.1. The van der Waals surface area contributed by atoms with Crippen LogP contribution in [0.3, 0.4) is 0 Å². The molecule has 2 aromatic rings. The molecule has 12 heteroatoms. The molecule has 1 amide bonds. The van der Waals surface area contributed by atoms with Crippen molar-refractivity contribution in [2.75, 3.05) is 17.8 Å². The van der Waals surface area contributed by atoms with Gasteiger partial charge in [-0.1, -0.05) is 17.8 Å². The zero-order chi connectivity index (χ0) is 23.1. The molecule has 5 rings (SSSR count). The van der Waals surface area contributed by atoms with Gasteiger partial charge < -0.3 is 5.32 Å². The Hall–Kier alpha value is -1.76. The third-order valence-electron chi connectivity index (χ3n) is 5.89. The first-order chi connectivity index (χ1) is 15.0. The standard InChI is InChI=1S/C20H22F3N3O3S3/c1-12-18(13-7-9-26(12)10-8-13)24-19(27)16-5-6-17(31-16)30-15-4-2-3-14(11-15)25-32(28,29)20(21,22)23/h2-6,11-13,18,25H,7-10H2,1H3,(H,24,27)/t12-,18-/m0/s1. The Morgan fingerprint density at radius 2 is 1.91 bits per heavy atom. The van der Waals surface area contributed by atoms with Crippen molar-refractivity contribution in [2.45, 2.75) is 46.5 Å². The highest BCUT2D eigenvalue weighted by Crippen LogP contribution is 2.36. The van der Waals surface area contributed by atoms with Gasteiger partial charge in [0.2, 0.25) is 0 Å². The second-order valence-electron chi connectivity index (χ2n) is 7.91. The van der Waals surface area contributed by atoms with Gasteiger partial charge in [-0.2, -0.15) is 21.6 Å². The number of nitrogens with zero attached hydrogens (tertiary/aromatic N) is 1. The van der Waals surface area contributed by atoms with E-state index in [0.29, 0.717) is 21.7 Å². The van der Waals surface area contributed by atoms with Gasteiger partial charge >= 0.3 is 15.5 Å². The molecule has 2 bridgehead atoms. The highest BCUT2D eigenvalue weighted by Gasteiger charge is 2.46. The molecule has 32 heavy (non-hydrogen) atoms. The van der Waals surface area contributed by atoms with Crippen LogP contribution in [0.15, 0.2) is 45.5 Å². The van der Waals surface area contributed by atoms with Crippen molar-refractivity contribution >= 4 is 44.7 Å². The van der Waals surface area contributed by atoms with Gasteiger partial charge in [-0.3, -0.25) is 14.4 Å². The minimum absolute atomic E-state index is 0.126. The van der Waals surface area contributed by atoms with E-state index in [9.17, 15) is 26.4 Å². The molecule has 2 N–H and O–H groups in total. The van der Waals surface area contributed by atoms with E-state index in [2.05, 4.69) is 17.1 Å². The number of nitrogens with one attached hydrogen (secondary N) is 2. The molecule has 4 heterocycles. The Morgan fingerprint density at radius 3 is 2.56 bits per heavy atom. The molecule has 1 aromatic carbocycles. The molecule has 3 saturated heterocycles. The molecule has 0 spiro atoms. The summed E-state index contributed by atoms with van der Waals surface area (Å²) in [6, 6.07) is 9.63. The smallest absolute Gasteiger partial charge is 0.347 e. The lowest BCUT2D eigenvalue weighted by Crippen LogP contribution is -2.62. The number of hydrogen-bond donors (Lipinski definition) is 2. The van der Waals surface area contributed by atoms with Crippen molar-refractivity contribution in [2.24, 2.45) is 5.92 Å². The lowest BCUT2D eigenvalue weighted by molar-refractivity contribution is -0.0429. The summed E-state index contributed by atoms with van der Waals surface area (Å²) >= 11 is 2.53. The van der Waals surface area contributed by atoms with Gasteiger partial charge in [0, 0.05) is 22.7 Å². The van der Waals surface area contributed by atoms with Gasteiger partial charge in [0.05, 0.1) is 9.09 Å². The lowest BCUT2D eigenvalue weighted by Gasteiger charge is -2.49. The van der Waals surface area contributed by atoms with Gasteiger partial charge in [0.15, 0.2) is 0 Å². The average molecular weight is 506 g/mol. The predicted octanol–water partition coefficient (Wildman–Crippen LogP) is 4.37. The molecular formula is C20H22F3N3O3S3. The maximum Gasteiger partial charge on any atom is 0.516 e. The van der Waals surface area contributed by atoms with Gasteiger partial charge in [-0.05, 0) is 69.1 Å². The summed E-state index contributed by atoms with van der Waals surface area (Å²) in [4.78, 5) is 16.3. The number of sulfonamides is 1. The van der Waals surface area contributed by atoms with Crippen molar-refractivity contribution < 1.29 is 26.4 Å². The number of fused-ring (bicyclic) bond motifs is 3. The first kappa shape index (κ1) is 23.4. The van der Waals surface area contributed by atoms with Crippen molar-refractivity contribution in [3.63, 3.8) is 0 Å². The molecule has 1 aromatic heterocycles. The average Bonchev–Trinajstić information content (AvgIpc) is 3.18. The zero-order valence-corrected chi connectivity index (χ0v) is 19.5. The van der Waals surface area contributed by atoms with Crippen LogP contribution in [-0.4, -0.2) is 49.9 Å². The van der Waals surface area contributed by atoms with Crippen molar-refractivity contribution in [1.82, 2.24) is 10.2 Å². The normalized spacial score (nSPS) is 25.5. The van der Waals surface area contributed by atoms with E-state index < -0.39 is 15.5 Å². The fourth-order valence-electron chi connectivity index (χ4n) is 4.22. The van der Waals surface area contributed by atoms with E-state index >= 15 is 0 Å². The number of piperidine rings is 3. The number of alkyl halides is 3. The molecular weight excluding hydrogens is 483 g/mol. The van der Waals surface area contributed by atoms with Gasteiger partial charge in [-0.15, -0.1) is 11.3 Å². The zero-order valence-electron chi connectivity index (χ0n) is 17.1. The van der Waals surface area contributed by atoms with E-state index in [0.717, 1.165) is 30.1 Å². The summed E-state index contributed by atoms with van der Waals surface area (Å²) in [6.07, 6.45) is 2.19. The van der Waals surface area contributed by atoms with Crippen LogP contribution in [0.1, 0.15) is 29.4 Å². The molecule has 3 fully saturated rings. The maximum atomic E-state index is 12.8. The fraction of sp³-hybridized carbons (Fsp3) is 0.450. The Balaban J connectivity index is 1.41. The largest absolute Gasteiger partial charge is 0.516 e. The monoisotopic (exact) mass is 505 g/mol. The van der Waals surface area contributed by atoms with Crippen LogP contribution >= 0.6 is 23.1 Å². The second-order valence-corrected chi connectivity index (χ2v) is 12.0. The molecule has 3 aliphatic heterocycles. The summed E-state index contributed by atoms with van der Waals surface area (Å²) in [5.74, 6) is 0.370. The second kappa shape index (κ2) is 8.88. The number of thiophene rings is 1. The highest BCUT2D eigenvalue weighted by atomic mass is 32.2. The SMILES string of the molecule is C[C@H]1[C@H](NC(=O)c2ccc(Sc3cccc(NS(=O)(=O)C(F)(F)F)c3)s2)C2CCN1CC2. The number of carbonyl (C=O) groups excluding carboxylic acids is 1. The number of carbonyl (C=O) groups is 1. The topological polar surface area (TPSA) is 78.5 Å². The predicted molar refractivity (Wildman–Crippen MR) is 118 cm³/mol. The van der Waals surface area contributed by atoms with E-state index in [4.69, 9.17) is 0 Å². The van der Waals surface area contributed by atoms with E-state index in [1.54, 1.807) is 18.2 Å². The fourth-order valence-corrected chi connectivity index (χ4v) is 6.84. The summed E-state index contributed by atoms with van der Waals surface area (Å²) in [5.41, 5.74) is -5.57. The molecule has 2 atom stereocenters. The van der Waals surface area contributed by atoms with Crippen LogP contribution in [0, 0.1) is 5.92 Å². The van der Waals surface area contributed by atoms with Crippen molar-refractivity contribution in [1.29, 1.82) is 0 Å². The summed E-state index contributed by atoms with van der Waals surface area (Å²) < 4.78 is 62.7. The Kier molecular flexibility index (Phi) is 6.49. The number of halogens is 3. The first-order valence-corrected chi connectivity index (χ1v) is 13.2. The molecule has 3 aliphatic rings. The Labute approximate surface area is 192 Å². The molecule has 0 unspecified atom stereocenters. The van der Waals surface area contributed by atoms with Crippen LogP contribution in [0.5, 0.6) is 0 Å². The number of rotatable bonds is 6. The Bertz CT molecular complexity index is 1090. The molecule has 0 aliphatic carbocycles. The number of anilines is 1.